The van der Waals surface area contributed by atoms with Gasteiger partial charge in [-0.25, -0.2) is 0 Å². The fourth-order valence-corrected chi connectivity index (χ4v) is 2.34. The first-order valence-corrected chi connectivity index (χ1v) is 8.00. The summed E-state index contributed by atoms with van der Waals surface area (Å²) in [6.07, 6.45) is 0. The van der Waals surface area contributed by atoms with E-state index in [0.29, 0.717) is 28.8 Å². The number of nitrogens with zero attached hydrogens (tertiary/aromatic N) is 2. The van der Waals surface area contributed by atoms with Crippen LogP contribution >= 0.6 is 0 Å². The quantitative estimate of drug-likeness (QED) is 0.733. The van der Waals surface area contributed by atoms with Crippen molar-refractivity contribution in [3.8, 4) is 22.9 Å². The number of ether oxygens (including phenoxy) is 2. The van der Waals surface area contributed by atoms with E-state index in [1.54, 1.807) is 18.2 Å². The molecule has 7 heteroatoms. The molecule has 0 aliphatic carbocycles. The van der Waals surface area contributed by atoms with Gasteiger partial charge < -0.3 is 19.3 Å². The summed E-state index contributed by atoms with van der Waals surface area (Å²) in [6, 6.07) is 12.7. The lowest BCUT2D eigenvalue weighted by molar-refractivity contribution is 0.0945. The minimum atomic E-state index is -0.294. The Morgan fingerprint density at radius 3 is 2.35 bits per heavy atom. The number of benzene rings is 2. The summed E-state index contributed by atoms with van der Waals surface area (Å²) >= 11 is 0. The molecule has 0 saturated carbocycles. The van der Waals surface area contributed by atoms with Crippen molar-refractivity contribution in [3.05, 3.63) is 59.5 Å². The summed E-state index contributed by atoms with van der Waals surface area (Å²) in [4.78, 5) is 16.7. The fourth-order valence-electron chi connectivity index (χ4n) is 2.34. The molecule has 1 aromatic heterocycles. The molecule has 2 aromatic carbocycles. The largest absolute Gasteiger partial charge is 0.497 e. The molecule has 1 amide bonds. The Hall–Kier alpha value is -3.35. The molecular formula is C19H19N3O4. The van der Waals surface area contributed by atoms with E-state index in [9.17, 15) is 4.79 Å². The molecule has 1 heterocycles. The molecule has 0 atom stereocenters. The Balaban J connectivity index is 1.67. The number of hydrogen-bond donors (Lipinski definition) is 1. The minimum absolute atomic E-state index is 0.122. The molecule has 0 spiro atoms. The van der Waals surface area contributed by atoms with Crippen LogP contribution in [0.25, 0.3) is 11.4 Å². The number of nitrogens with one attached hydrogen (secondary N) is 1. The Morgan fingerprint density at radius 1 is 1.08 bits per heavy atom. The smallest absolute Gasteiger partial charge is 0.251 e. The second kappa shape index (κ2) is 7.69. The van der Waals surface area contributed by atoms with E-state index in [4.69, 9.17) is 14.0 Å². The zero-order valence-electron chi connectivity index (χ0n) is 14.8. The number of rotatable bonds is 6. The molecule has 3 rings (SSSR count). The van der Waals surface area contributed by atoms with Crippen LogP contribution in [0.5, 0.6) is 11.5 Å². The number of aryl methyl sites for hydroxylation is 1. The first-order chi connectivity index (χ1) is 12.6. The fraction of sp³-hybridized carbons (Fsp3) is 0.211. The molecule has 0 aliphatic rings. The standard InChI is InChI=1S/C19H19N3O4/c1-12-4-6-13(7-5-12)18-21-17(26-22-18)11-20-19(23)14-8-15(24-2)10-16(9-14)25-3/h4-10H,11H2,1-3H3,(H,20,23). The predicted molar refractivity (Wildman–Crippen MR) is 95.2 cm³/mol. The lowest BCUT2D eigenvalue weighted by Gasteiger charge is -2.08. The third kappa shape index (κ3) is 4.00. The van der Waals surface area contributed by atoms with Gasteiger partial charge in [0.15, 0.2) is 0 Å². The molecule has 0 saturated heterocycles. The van der Waals surface area contributed by atoms with Gasteiger partial charge in [-0.15, -0.1) is 0 Å². The van der Waals surface area contributed by atoms with Gasteiger partial charge in [-0.2, -0.15) is 4.98 Å². The van der Waals surface area contributed by atoms with Gasteiger partial charge >= 0.3 is 0 Å². The van der Waals surface area contributed by atoms with Crippen molar-refractivity contribution in [3.63, 3.8) is 0 Å². The summed E-state index contributed by atoms with van der Waals surface area (Å²) < 4.78 is 15.5. The maximum atomic E-state index is 12.4. The highest BCUT2D eigenvalue weighted by Crippen LogP contribution is 2.22. The third-order valence-electron chi connectivity index (χ3n) is 3.79. The van der Waals surface area contributed by atoms with Crippen LogP contribution in [0.15, 0.2) is 47.0 Å². The van der Waals surface area contributed by atoms with Crippen LogP contribution in [0.4, 0.5) is 0 Å². The van der Waals surface area contributed by atoms with E-state index in [1.807, 2.05) is 31.2 Å². The average molecular weight is 353 g/mol. The van der Waals surface area contributed by atoms with Crippen LogP contribution in [0.3, 0.4) is 0 Å². The molecular weight excluding hydrogens is 334 g/mol. The Kier molecular flexibility index (Phi) is 5.17. The first kappa shape index (κ1) is 17.5. The van der Waals surface area contributed by atoms with Gasteiger partial charge in [0.05, 0.1) is 20.8 Å². The summed E-state index contributed by atoms with van der Waals surface area (Å²) in [5.74, 6) is 1.58. The zero-order chi connectivity index (χ0) is 18.5. The number of carbonyl (C=O) groups excluding carboxylic acids is 1. The Bertz CT molecular complexity index is 881. The summed E-state index contributed by atoms with van der Waals surface area (Å²) in [6.45, 7) is 2.13. The van der Waals surface area contributed by atoms with Gasteiger partial charge in [-0.1, -0.05) is 35.0 Å². The van der Waals surface area contributed by atoms with Crippen molar-refractivity contribution in [1.82, 2.24) is 15.5 Å². The number of amides is 1. The first-order valence-electron chi connectivity index (χ1n) is 8.00. The van der Waals surface area contributed by atoms with Crippen LogP contribution in [0, 0.1) is 6.92 Å². The van der Waals surface area contributed by atoms with E-state index < -0.39 is 0 Å². The SMILES string of the molecule is COc1cc(OC)cc(C(=O)NCc2nc(-c3ccc(C)cc3)no2)c1. The van der Waals surface area contributed by atoms with Gasteiger partial charge in [-0.3, -0.25) is 4.79 Å². The monoisotopic (exact) mass is 353 g/mol. The average Bonchev–Trinajstić information content (AvgIpc) is 3.15. The maximum absolute atomic E-state index is 12.4. The van der Waals surface area contributed by atoms with Crippen molar-refractivity contribution >= 4 is 5.91 Å². The number of aromatic nitrogens is 2. The van der Waals surface area contributed by atoms with E-state index in [2.05, 4.69) is 15.5 Å². The Labute approximate surface area is 150 Å². The van der Waals surface area contributed by atoms with Gasteiger partial charge in [0.1, 0.15) is 11.5 Å². The number of carbonyl (C=O) groups is 1. The highest BCUT2D eigenvalue weighted by Gasteiger charge is 2.13. The van der Waals surface area contributed by atoms with E-state index >= 15 is 0 Å². The highest BCUT2D eigenvalue weighted by molar-refractivity contribution is 5.95. The molecule has 3 aromatic rings. The second-order valence-electron chi connectivity index (χ2n) is 5.66. The molecule has 0 fully saturated rings. The summed E-state index contributed by atoms with van der Waals surface area (Å²) in [5.41, 5.74) is 2.42. The van der Waals surface area contributed by atoms with Crippen molar-refractivity contribution in [2.45, 2.75) is 13.5 Å². The molecule has 0 bridgehead atoms. The lowest BCUT2D eigenvalue weighted by Crippen LogP contribution is -2.23. The van der Waals surface area contributed by atoms with Crippen molar-refractivity contribution in [1.29, 1.82) is 0 Å². The van der Waals surface area contributed by atoms with E-state index in [-0.39, 0.29) is 12.5 Å². The minimum Gasteiger partial charge on any atom is -0.497 e. The topological polar surface area (TPSA) is 86.5 Å². The van der Waals surface area contributed by atoms with Crippen molar-refractivity contribution in [2.24, 2.45) is 0 Å². The second-order valence-corrected chi connectivity index (χ2v) is 5.66. The maximum Gasteiger partial charge on any atom is 0.251 e. The number of hydrogen-bond acceptors (Lipinski definition) is 6. The highest BCUT2D eigenvalue weighted by atomic mass is 16.5. The molecule has 0 aliphatic heterocycles. The van der Waals surface area contributed by atoms with Gasteiger partial charge in [-0.05, 0) is 19.1 Å². The molecule has 26 heavy (non-hydrogen) atoms. The molecule has 7 nitrogen and oxygen atoms in total. The van der Waals surface area contributed by atoms with Gasteiger partial charge in [0, 0.05) is 17.2 Å². The van der Waals surface area contributed by atoms with Crippen LogP contribution < -0.4 is 14.8 Å². The summed E-state index contributed by atoms with van der Waals surface area (Å²) in [7, 11) is 3.06. The predicted octanol–water partition coefficient (Wildman–Crippen LogP) is 2.99. The van der Waals surface area contributed by atoms with Gasteiger partial charge in [0.2, 0.25) is 11.7 Å². The summed E-state index contributed by atoms with van der Waals surface area (Å²) in [5, 5.41) is 6.69. The zero-order valence-corrected chi connectivity index (χ0v) is 14.8. The van der Waals surface area contributed by atoms with E-state index in [0.717, 1.165) is 11.1 Å². The normalized spacial score (nSPS) is 10.4. The molecule has 0 unspecified atom stereocenters. The van der Waals surface area contributed by atoms with Gasteiger partial charge in [0.25, 0.3) is 5.91 Å². The molecule has 1 N–H and O–H groups in total. The Morgan fingerprint density at radius 2 is 1.73 bits per heavy atom. The van der Waals surface area contributed by atoms with Crippen LogP contribution in [0.1, 0.15) is 21.8 Å². The van der Waals surface area contributed by atoms with Crippen molar-refractivity contribution < 1.29 is 18.8 Å². The number of methoxy groups -OCH3 is 2. The van der Waals surface area contributed by atoms with Crippen LogP contribution in [0.2, 0.25) is 0 Å². The van der Waals surface area contributed by atoms with Crippen LogP contribution in [-0.4, -0.2) is 30.3 Å². The molecule has 0 radical (unpaired) electrons. The van der Waals surface area contributed by atoms with Crippen molar-refractivity contribution in [2.75, 3.05) is 14.2 Å². The molecule has 134 valence electrons. The van der Waals surface area contributed by atoms with E-state index in [1.165, 1.54) is 14.2 Å². The third-order valence-corrected chi connectivity index (χ3v) is 3.79. The van der Waals surface area contributed by atoms with Crippen LogP contribution in [-0.2, 0) is 6.54 Å². The lowest BCUT2D eigenvalue weighted by atomic mass is 10.1.